The minimum absolute atomic E-state index is 0.0493. The third-order valence-electron chi connectivity index (χ3n) is 4.25. The third kappa shape index (κ3) is 2.99. The van der Waals surface area contributed by atoms with Crippen LogP contribution >= 0.6 is 0 Å². The van der Waals surface area contributed by atoms with Gasteiger partial charge in [-0.3, -0.25) is 4.68 Å². The van der Waals surface area contributed by atoms with Crippen LogP contribution in [-0.4, -0.2) is 47.4 Å². The lowest BCUT2D eigenvalue weighted by Crippen LogP contribution is -2.28. The molecular weight excluding hydrogens is 302 g/mol. The second kappa shape index (κ2) is 5.81. The van der Waals surface area contributed by atoms with Crippen LogP contribution in [0.4, 0.5) is 17.6 Å². The number of hydrogen-bond acceptors (Lipinski definition) is 3. The molecule has 0 fully saturated rings. The van der Waals surface area contributed by atoms with Crippen LogP contribution in [0.5, 0.6) is 0 Å². The minimum Gasteiger partial charge on any atom is -0.370 e. The molecular formula is C14H19F4N3O. The Bertz CT molecular complexity index is 546. The van der Waals surface area contributed by atoms with E-state index in [0.717, 1.165) is 6.54 Å². The highest BCUT2D eigenvalue weighted by Gasteiger charge is 2.43. The normalized spacial score (nSPS) is 24.9. The molecule has 0 saturated heterocycles. The molecule has 0 bridgehead atoms. The smallest absolute Gasteiger partial charge is 0.289 e. The fraction of sp³-hybridized carbons (Fsp3) is 0.786. The first-order valence-corrected chi connectivity index (χ1v) is 7.42. The van der Waals surface area contributed by atoms with Crippen molar-refractivity contribution in [2.75, 3.05) is 20.2 Å². The highest BCUT2D eigenvalue weighted by molar-refractivity contribution is 5.32. The van der Waals surface area contributed by atoms with Crippen molar-refractivity contribution < 1.29 is 22.3 Å². The summed E-state index contributed by atoms with van der Waals surface area (Å²) in [5.41, 5.74) is 1.23. The van der Waals surface area contributed by atoms with Crippen molar-refractivity contribution in [2.45, 2.75) is 50.8 Å². The molecule has 2 aliphatic rings. The van der Waals surface area contributed by atoms with E-state index in [9.17, 15) is 17.6 Å². The molecule has 1 unspecified atom stereocenters. The summed E-state index contributed by atoms with van der Waals surface area (Å²) < 4.78 is 59.9. The summed E-state index contributed by atoms with van der Waals surface area (Å²) in [7, 11) is 1.89. The second-order valence-electron chi connectivity index (χ2n) is 6.03. The van der Waals surface area contributed by atoms with Gasteiger partial charge in [-0.2, -0.15) is 13.9 Å². The van der Waals surface area contributed by atoms with Crippen molar-refractivity contribution in [3.63, 3.8) is 0 Å². The van der Waals surface area contributed by atoms with Crippen LogP contribution in [0, 0.1) is 0 Å². The number of halogens is 4. The quantitative estimate of drug-likeness (QED) is 0.801. The van der Waals surface area contributed by atoms with Crippen molar-refractivity contribution in [2.24, 2.45) is 0 Å². The summed E-state index contributed by atoms with van der Waals surface area (Å²) in [4.78, 5) is 1.98. The van der Waals surface area contributed by atoms with Gasteiger partial charge in [0.15, 0.2) is 0 Å². The van der Waals surface area contributed by atoms with Gasteiger partial charge in [0.1, 0.15) is 12.3 Å². The molecule has 8 heteroatoms. The van der Waals surface area contributed by atoms with Crippen LogP contribution in [0.3, 0.4) is 0 Å². The first-order valence-electron chi connectivity index (χ1n) is 7.42. The average Bonchev–Trinajstić information content (AvgIpc) is 2.73. The van der Waals surface area contributed by atoms with Gasteiger partial charge in [-0.15, -0.1) is 0 Å². The minimum atomic E-state index is -3.00. The number of likely N-dealkylation sites (N-methyl/N-ethyl adjacent to an activating group) is 1. The van der Waals surface area contributed by atoms with Gasteiger partial charge in [-0.1, -0.05) is 0 Å². The number of rotatable bonds is 3. The molecule has 1 aromatic rings. The maximum atomic E-state index is 14.5. The van der Waals surface area contributed by atoms with Crippen LogP contribution in [0.15, 0.2) is 0 Å². The molecule has 0 spiro atoms. The van der Waals surface area contributed by atoms with Crippen molar-refractivity contribution >= 4 is 0 Å². The van der Waals surface area contributed by atoms with Gasteiger partial charge in [0, 0.05) is 31.5 Å². The lowest BCUT2D eigenvalue weighted by Gasteiger charge is -2.24. The number of alkyl halides is 4. The molecule has 1 aromatic heterocycles. The van der Waals surface area contributed by atoms with E-state index in [1.807, 2.05) is 11.9 Å². The summed E-state index contributed by atoms with van der Waals surface area (Å²) >= 11 is 0. The van der Waals surface area contributed by atoms with Crippen LogP contribution in [0.2, 0.25) is 0 Å². The summed E-state index contributed by atoms with van der Waals surface area (Å²) in [5.74, 6) is -3.00. The number of fused-ring (bicyclic) bond motifs is 3. The van der Waals surface area contributed by atoms with E-state index in [0.29, 0.717) is 24.2 Å². The number of hydrogen-bond donors (Lipinski definition) is 0. The highest BCUT2D eigenvalue weighted by atomic mass is 19.3. The van der Waals surface area contributed by atoms with Gasteiger partial charge in [-0.25, -0.2) is 8.78 Å². The molecule has 3 heterocycles. The second-order valence-corrected chi connectivity index (χ2v) is 6.03. The Kier molecular flexibility index (Phi) is 4.15. The van der Waals surface area contributed by atoms with Gasteiger partial charge in [0.2, 0.25) is 0 Å². The standard InChI is InChI=1S/C14H19F4N3O/c1-20-5-3-11-10(7-20)13-14(17,18)4-2-9(6-21(13)19-11)22-8-12(15)16/h9,12H,2-8H2,1H3. The molecule has 2 aliphatic heterocycles. The molecule has 4 nitrogen and oxygen atoms in total. The Morgan fingerprint density at radius 3 is 2.91 bits per heavy atom. The maximum absolute atomic E-state index is 14.5. The maximum Gasteiger partial charge on any atom is 0.289 e. The Hall–Kier alpha value is -1.15. The Balaban J connectivity index is 1.89. The van der Waals surface area contributed by atoms with Crippen molar-refractivity contribution in [3.8, 4) is 0 Å². The topological polar surface area (TPSA) is 30.3 Å². The molecule has 0 aliphatic carbocycles. The molecule has 124 valence electrons. The zero-order chi connectivity index (χ0) is 15.9. The van der Waals surface area contributed by atoms with E-state index >= 15 is 0 Å². The predicted molar refractivity (Wildman–Crippen MR) is 71.1 cm³/mol. The Morgan fingerprint density at radius 2 is 2.18 bits per heavy atom. The van der Waals surface area contributed by atoms with Gasteiger partial charge in [0.25, 0.3) is 12.3 Å². The number of ether oxygens (including phenoxy) is 1. The van der Waals surface area contributed by atoms with E-state index in [1.54, 1.807) is 0 Å². The van der Waals surface area contributed by atoms with E-state index in [1.165, 1.54) is 4.68 Å². The molecule has 0 N–H and O–H groups in total. The Morgan fingerprint density at radius 1 is 1.41 bits per heavy atom. The number of aromatic nitrogens is 2. The monoisotopic (exact) mass is 321 g/mol. The molecule has 0 amide bonds. The fourth-order valence-electron chi connectivity index (χ4n) is 3.19. The lowest BCUT2D eigenvalue weighted by atomic mass is 10.00. The van der Waals surface area contributed by atoms with E-state index < -0.39 is 31.5 Å². The lowest BCUT2D eigenvalue weighted by molar-refractivity contribution is -0.0494. The molecule has 22 heavy (non-hydrogen) atoms. The zero-order valence-corrected chi connectivity index (χ0v) is 12.4. The summed E-state index contributed by atoms with van der Waals surface area (Å²) in [6.07, 6.45) is -2.97. The Labute approximate surface area is 126 Å². The van der Waals surface area contributed by atoms with Gasteiger partial charge < -0.3 is 9.64 Å². The van der Waals surface area contributed by atoms with E-state index in [4.69, 9.17) is 4.74 Å². The van der Waals surface area contributed by atoms with Gasteiger partial charge >= 0.3 is 0 Å². The largest absolute Gasteiger partial charge is 0.370 e. The molecule has 3 rings (SSSR count). The third-order valence-corrected chi connectivity index (χ3v) is 4.25. The molecule has 1 atom stereocenters. The number of nitrogens with zero attached hydrogens (tertiary/aromatic N) is 3. The van der Waals surface area contributed by atoms with Crippen molar-refractivity contribution in [1.82, 2.24) is 14.7 Å². The highest BCUT2D eigenvalue weighted by Crippen LogP contribution is 2.40. The van der Waals surface area contributed by atoms with Crippen LogP contribution in [0.25, 0.3) is 0 Å². The summed E-state index contributed by atoms with van der Waals surface area (Å²) in [6, 6.07) is 0. The summed E-state index contributed by atoms with van der Waals surface area (Å²) in [6.45, 7) is 0.604. The molecule has 0 radical (unpaired) electrons. The van der Waals surface area contributed by atoms with E-state index in [-0.39, 0.29) is 18.7 Å². The molecule has 0 saturated carbocycles. The van der Waals surface area contributed by atoms with Crippen molar-refractivity contribution in [3.05, 3.63) is 17.0 Å². The first-order chi connectivity index (χ1) is 10.4. The van der Waals surface area contributed by atoms with Crippen LogP contribution in [0.1, 0.15) is 29.8 Å². The van der Waals surface area contributed by atoms with Gasteiger partial charge in [0.05, 0.1) is 18.3 Å². The summed E-state index contributed by atoms with van der Waals surface area (Å²) in [5, 5.41) is 4.30. The first kappa shape index (κ1) is 15.7. The van der Waals surface area contributed by atoms with Crippen LogP contribution < -0.4 is 0 Å². The SMILES string of the molecule is CN1CCc2nn3c(c2C1)C(F)(F)CCC(OCC(F)F)C3. The van der Waals surface area contributed by atoms with Crippen LogP contribution in [-0.2, 0) is 30.2 Å². The average molecular weight is 321 g/mol. The fourth-order valence-corrected chi connectivity index (χ4v) is 3.19. The van der Waals surface area contributed by atoms with Gasteiger partial charge in [-0.05, 0) is 13.5 Å². The van der Waals surface area contributed by atoms with Crippen molar-refractivity contribution in [1.29, 1.82) is 0 Å². The zero-order valence-electron chi connectivity index (χ0n) is 12.4. The predicted octanol–water partition coefficient (Wildman–Crippen LogP) is 2.41. The molecule has 0 aromatic carbocycles. The van der Waals surface area contributed by atoms with E-state index in [2.05, 4.69) is 5.10 Å².